The molecule has 1 rings (SSSR count). The summed E-state index contributed by atoms with van der Waals surface area (Å²) in [6.07, 6.45) is 0.630. The van der Waals surface area contributed by atoms with E-state index in [0.717, 1.165) is 10.0 Å². The minimum absolute atomic E-state index is 0.209. The van der Waals surface area contributed by atoms with E-state index in [4.69, 9.17) is 4.74 Å². The molecule has 4 heteroatoms. The van der Waals surface area contributed by atoms with E-state index in [0.29, 0.717) is 13.0 Å². The predicted molar refractivity (Wildman–Crippen MR) is 76.7 cm³/mol. The van der Waals surface area contributed by atoms with Crippen molar-refractivity contribution in [2.45, 2.75) is 32.0 Å². The minimum atomic E-state index is -0.292. The summed E-state index contributed by atoms with van der Waals surface area (Å²) in [6.45, 7) is 6.33. The van der Waals surface area contributed by atoms with E-state index in [-0.39, 0.29) is 10.8 Å². The molecule has 2 nitrogen and oxygen atoms in total. The standard InChI is InChI=1S/C13H16Br2O2/c1-4-17-13(16)12(15)7-10-9(3)5-8(2)6-11(10)14/h5-6,12H,4,7H2,1-3H3. The number of halogens is 2. The Balaban J connectivity index is 2.85. The summed E-state index contributed by atoms with van der Waals surface area (Å²) in [6, 6.07) is 4.18. The Morgan fingerprint density at radius 1 is 1.41 bits per heavy atom. The number of alkyl halides is 1. The van der Waals surface area contributed by atoms with Crippen LogP contribution in [0.1, 0.15) is 23.6 Å². The molecule has 1 aromatic rings. The van der Waals surface area contributed by atoms with Crippen LogP contribution in [0.15, 0.2) is 16.6 Å². The van der Waals surface area contributed by atoms with Gasteiger partial charge in [0.05, 0.1) is 6.61 Å². The van der Waals surface area contributed by atoms with Crippen LogP contribution in [0.25, 0.3) is 0 Å². The van der Waals surface area contributed by atoms with Crippen LogP contribution in [0.3, 0.4) is 0 Å². The van der Waals surface area contributed by atoms with Crippen LogP contribution in [0, 0.1) is 13.8 Å². The zero-order valence-corrected chi connectivity index (χ0v) is 13.4. The van der Waals surface area contributed by atoms with Gasteiger partial charge in [0.25, 0.3) is 0 Å². The number of esters is 1. The molecule has 0 heterocycles. The normalized spacial score (nSPS) is 12.3. The van der Waals surface area contributed by atoms with Crippen LogP contribution in [0.5, 0.6) is 0 Å². The highest BCUT2D eigenvalue weighted by Gasteiger charge is 2.19. The summed E-state index contributed by atoms with van der Waals surface area (Å²) in [4.78, 5) is 11.3. The largest absolute Gasteiger partial charge is 0.465 e. The fourth-order valence-electron chi connectivity index (χ4n) is 1.70. The maximum atomic E-state index is 11.6. The smallest absolute Gasteiger partial charge is 0.320 e. The van der Waals surface area contributed by atoms with Crippen LogP contribution >= 0.6 is 31.9 Å². The molecule has 1 aromatic carbocycles. The molecule has 0 saturated heterocycles. The molecule has 0 aromatic heterocycles. The van der Waals surface area contributed by atoms with Crippen molar-refractivity contribution in [3.63, 3.8) is 0 Å². The minimum Gasteiger partial charge on any atom is -0.465 e. The highest BCUT2D eigenvalue weighted by atomic mass is 79.9. The summed E-state index contributed by atoms with van der Waals surface area (Å²) in [7, 11) is 0. The number of carbonyl (C=O) groups excluding carboxylic acids is 1. The lowest BCUT2D eigenvalue weighted by atomic mass is 10.0. The van der Waals surface area contributed by atoms with Crippen LogP contribution in [-0.2, 0) is 16.0 Å². The van der Waals surface area contributed by atoms with Crippen molar-refractivity contribution in [2.24, 2.45) is 0 Å². The van der Waals surface area contributed by atoms with Gasteiger partial charge in [-0.15, -0.1) is 0 Å². The first-order chi connectivity index (χ1) is 7.95. The van der Waals surface area contributed by atoms with Gasteiger partial charge >= 0.3 is 5.97 Å². The molecular formula is C13H16Br2O2. The molecule has 0 aliphatic rings. The van der Waals surface area contributed by atoms with Crippen LogP contribution in [0.4, 0.5) is 0 Å². The summed E-state index contributed by atoms with van der Waals surface area (Å²) < 4.78 is 6.02. The summed E-state index contributed by atoms with van der Waals surface area (Å²) in [5, 5.41) is 0. The molecule has 94 valence electrons. The van der Waals surface area contributed by atoms with Gasteiger partial charge in [0.15, 0.2) is 0 Å². The third-order valence-corrected chi connectivity index (χ3v) is 3.89. The summed E-state index contributed by atoms with van der Waals surface area (Å²) >= 11 is 6.91. The first-order valence-corrected chi connectivity index (χ1v) is 7.23. The van der Waals surface area contributed by atoms with Crippen molar-refractivity contribution >= 4 is 37.8 Å². The van der Waals surface area contributed by atoms with Crippen LogP contribution in [-0.4, -0.2) is 17.4 Å². The molecule has 0 saturated carbocycles. The van der Waals surface area contributed by atoms with E-state index >= 15 is 0 Å². The molecular weight excluding hydrogens is 348 g/mol. The van der Waals surface area contributed by atoms with Gasteiger partial charge in [-0.3, -0.25) is 4.79 Å². The molecule has 0 N–H and O–H groups in total. The predicted octanol–water partition coefficient (Wildman–Crippen LogP) is 3.94. The average Bonchev–Trinajstić information content (AvgIpc) is 2.23. The Kier molecular flexibility index (Phi) is 5.67. The Bertz CT molecular complexity index is 393. The number of benzene rings is 1. The Hall–Kier alpha value is -0.350. The zero-order chi connectivity index (χ0) is 13.0. The Morgan fingerprint density at radius 2 is 2.06 bits per heavy atom. The Labute approximate surface area is 119 Å². The monoisotopic (exact) mass is 362 g/mol. The lowest BCUT2D eigenvalue weighted by molar-refractivity contribution is -0.142. The van der Waals surface area contributed by atoms with Gasteiger partial charge in [-0.1, -0.05) is 37.9 Å². The number of aryl methyl sites for hydroxylation is 2. The topological polar surface area (TPSA) is 26.3 Å². The highest BCUT2D eigenvalue weighted by molar-refractivity contribution is 9.10. The van der Waals surface area contributed by atoms with Crippen molar-refractivity contribution in [1.82, 2.24) is 0 Å². The number of rotatable bonds is 4. The molecule has 1 atom stereocenters. The van der Waals surface area contributed by atoms with Crippen molar-refractivity contribution in [2.75, 3.05) is 6.61 Å². The van der Waals surface area contributed by atoms with Gasteiger partial charge in [0.2, 0.25) is 0 Å². The summed E-state index contributed by atoms with van der Waals surface area (Å²) in [5.41, 5.74) is 3.54. The summed E-state index contributed by atoms with van der Waals surface area (Å²) in [5.74, 6) is -0.209. The second kappa shape index (κ2) is 6.55. The van der Waals surface area contributed by atoms with Gasteiger partial charge in [0, 0.05) is 4.47 Å². The van der Waals surface area contributed by atoms with E-state index in [9.17, 15) is 4.79 Å². The fraction of sp³-hybridized carbons (Fsp3) is 0.462. The molecule has 0 aliphatic carbocycles. The first kappa shape index (κ1) is 14.7. The lowest BCUT2D eigenvalue weighted by Gasteiger charge is -2.13. The number of ether oxygens (including phenoxy) is 1. The van der Waals surface area contributed by atoms with Crippen LogP contribution < -0.4 is 0 Å². The number of hydrogen-bond donors (Lipinski definition) is 0. The third kappa shape index (κ3) is 4.11. The van der Waals surface area contributed by atoms with Gasteiger partial charge in [0.1, 0.15) is 4.83 Å². The van der Waals surface area contributed by atoms with Crippen molar-refractivity contribution < 1.29 is 9.53 Å². The molecule has 0 radical (unpaired) electrons. The first-order valence-electron chi connectivity index (χ1n) is 5.52. The van der Waals surface area contributed by atoms with Gasteiger partial charge in [-0.25, -0.2) is 0 Å². The highest BCUT2D eigenvalue weighted by Crippen LogP contribution is 2.25. The van der Waals surface area contributed by atoms with E-state index in [1.165, 1.54) is 11.1 Å². The van der Waals surface area contributed by atoms with Crippen molar-refractivity contribution in [3.05, 3.63) is 33.3 Å². The average molecular weight is 364 g/mol. The van der Waals surface area contributed by atoms with Gasteiger partial charge < -0.3 is 4.74 Å². The van der Waals surface area contributed by atoms with Crippen molar-refractivity contribution in [3.8, 4) is 0 Å². The molecule has 0 bridgehead atoms. The maximum Gasteiger partial charge on any atom is 0.320 e. The van der Waals surface area contributed by atoms with E-state index in [1.807, 2.05) is 6.92 Å². The molecule has 0 amide bonds. The molecule has 0 fully saturated rings. The van der Waals surface area contributed by atoms with Crippen LogP contribution in [0.2, 0.25) is 0 Å². The zero-order valence-electron chi connectivity index (χ0n) is 10.2. The lowest BCUT2D eigenvalue weighted by Crippen LogP contribution is -2.20. The van der Waals surface area contributed by atoms with E-state index < -0.39 is 0 Å². The number of hydrogen-bond acceptors (Lipinski definition) is 2. The molecule has 1 unspecified atom stereocenters. The molecule has 0 aliphatic heterocycles. The third-order valence-electron chi connectivity index (χ3n) is 2.49. The van der Waals surface area contributed by atoms with Gasteiger partial charge in [-0.2, -0.15) is 0 Å². The fourth-order valence-corrected chi connectivity index (χ4v) is 2.99. The van der Waals surface area contributed by atoms with E-state index in [2.05, 4.69) is 57.8 Å². The molecule has 0 spiro atoms. The molecule has 17 heavy (non-hydrogen) atoms. The second-order valence-electron chi connectivity index (χ2n) is 3.97. The SMILES string of the molecule is CCOC(=O)C(Br)Cc1c(C)cc(C)cc1Br. The van der Waals surface area contributed by atoms with Crippen molar-refractivity contribution in [1.29, 1.82) is 0 Å². The van der Waals surface area contributed by atoms with Gasteiger partial charge in [-0.05, 0) is 49.9 Å². The number of carbonyl (C=O) groups is 1. The Morgan fingerprint density at radius 3 is 2.59 bits per heavy atom. The van der Waals surface area contributed by atoms with E-state index in [1.54, 1.807) is 0 Å². The quantitative estimate of drug-likeness (QED) is 0.598. The second-order valence-corrected chi connectivity index (χ2v) is 5.93. The maximum absolute atomic E-state index is 11.6.